The molecule has 2 aliphatic rings. The van der Waals surface area contributed by atoms with Gasteiger partial charge < -0.3 is 4.74 Å². The molecule has 0 heterocycles. The Labute approximate surface area is 175 Å². The van der Waals surface area contributed by atoms with Gasteiger partial charge in [-0.15, -0.1) is 0 Å². The molecule has 0 N–H and O–H groups in total. The molecule has 0 aromatic heterocycles. The van der Waals surface area contributed by atoms with Gasteiger partial charge in [-0.1, -0.05) is 57.6 Å². The van der Waals surface area contributed by atoms with Crippen LogP contribution in [0.4, 0.5) is 8.78 Å². The molecular formula is C26H38F2O. The fourth-order valence-electron chi connectivity index (χ4n) is 5.66. The Bertz CT molecular complexity index is 653. The monoisotopic (exact) mass is 404 g/mol. The molecule has 0 atom stereocenters. The summed E-state index contributed by atoms with van der Waals surface area (Å²) in [6.45, 7) is 4.08. The van der Waals surface area contributed by atoms with Crippen molar-refractivity contribution >= 4 is 0 Å². The highest BCUT2D eigenvalue weighted by Crippen LogP contribution is 2.43. The van der Waals surface area contributed by atoms with Crippen LogP contribution in [-0.2, 0) is 6.42 Å². The number of aryl methyl sites for hydroxylation is 1. The second kappa shape index (κ2) is 11.1. The highest BCUT2D eigenvalue weighted by Gasteiger charge is 2.30. The van der Waals surface area contributed by atoms with Crippen molar-refractivity contribution in [3.05, 3.63) is 41.7 Å². The lowest BCUT2D eigenvalue weighted by molar-refractivity contribution is 0.141. The molecule has 162 valence electrons. The highest BCUT2D eigenvalue weighted by molar-refractivity contribution is 5.31. The highest BCUT2D eigenvalue weighted by atomic mass is 19.2. The molecule has 0 unspecified atom stereocenters. The maximum Gasteiger partial charge on any atom is 0.201 e. The third-order valence-corrected chi connectivity index (χ3v) is 7.43. The molecule has 0 spiro atoms. The SMILES string of the molecule is CC=COc1ccc(CCC2CCC(C3CCC(CCC)CC3)CC2)c(F)c1F. The largest absolute Gasteiger partial charge is 0.462 e. The second-order valence-corrected chi connectivity index (χ2v) is 9.33. The first-order valence-corrected chi connectivity index (χ1v) is 11.9. The van der Waals surface area contributed by atoms with Gasteiger partial charge in [-0.3, -0.25) is 0 Å². The van der Waals surface area contributed by atoms with Crippen molar-refractivity contribution in [1.29, 1.82) is 0 Å². The van der Waals surface area contributed by atoms with Gasteiger partial charge in [0.05, 0.1) is 6.26 Å². The molecule has 2 aliphatic carbocycles. The minimum absolute atomic E-state index is 0.0430. The summed E-state index contributed by atoms with van der Waals surface area (Å²) in [5.41, 5.74) is 0.478. The van der Waals surface area contributed by atoms with Crippen molar-refractivity contribution in [2.24, 2.45) is 23.7 Å². The van der Waals surface area contributed by atoms with Gasteiger partial charge in [0.15, 0.2) is 11.6 Å². The molecule has 2 saturated carbocycles. The van der Waals surface area contributed by atoms with E-state index in [4.69, 9.17) is 4.74 Å². The van der Waals surface area contributed by atoms with Gasteiger partial charge >= 0.3 is 0 Å². The lowest BCUT2D eigenvalue weighted by atomic mass is 9.68. The van der Waals surface area contributed by atoms with Crippen LogP contribution in [-0.4, -0.2) is 0 Å². The molecule has 0 saturated heterocycles. The van der Waals surface area contributed by atoms with Crippen LogP contribution in [0.2, 0.25) is 0 Å². The predicted molar refractivity (Wildman–Crippen MR) is 116 cm³/mol. The van der Waals surface area contributed by atoms with E-state index in [0.717, 1.165) is 24.2 Å². The zero-order valence-corrected chi connectivity index (χ0v) is 18.3. The van der Waals surface area contributed by atoms with E-state index in [0.29, 0.717) is 17.9 Å². The van der Waals surface area contributed by atoms with Crippen molar-refractivity contribution in [1.82, 2.24) is 0 Å². The first-order valence-electron chi connectivity index (χ1n) is 11.9. The van der Waals surface area contributed by atoms with Gasteiger partial charge in [-0.05, 0) is 80.8 Å². The van der Waals surface area contributed by atoms with Crippen molar-refractivity contribution in [3.63, 3.8) is 0 Å². The van der Waals surface area contributed by atoms with E-state index in [2.05, 4.69) is 6.92 Å². The summed E-state index contributed by atoms with van der Waals surface area (Å²) in [7, 11) is 0. The lowest BCUT2D eigenvalue weighted by Crippen LogP contribution is -2.26. The number of ether oxygens (including phenoxy) is 1. The van der Waals surface area contributed by atoms with Crippen LogP contribution in [0, 0.1) is 35.3 Å². The Hall–Kier alpha value is -1.38. The maximum absolute atomic E-state index is 14.4. The summed E-state index contributed by atoms with van der Waals surface area (Å²) in [6.07, 6.45) is 18.3. The lowest BCUT2D eigenvalue weighted by Gasteiger charge is -2.38. The fourth-order valence-corrected chi connectivity index (χ4v) is 5.66. The maximum atomic E-state index is 14.4. The van der Waals surface area contributed by atoms with Crippen LogP contribution >= 0.6 is 0 Å². The molecule has 0 bridgehead atoms. The smallest absolute Gasteiger partial charge is 0.201 e. The van der Waals surface area contributed by atoms with E-state index < -0.39 is 11.6 Å². The average Bonchev–Trinajstić information content (AvgIpc) is 2.75. The van der Waals surface area contributed by atoms with Crippen LogP contribution in [0.25, 0.3) is 0 Å². The normalized spacial score (nSPS) is 28.0. The summed E-state index contributed by atoms with van der Waals surface area (Å²) < 4.78 is 33.6. The number of allylic oxidation sites excluding steroid dienone is 1. The van der Waals surface area contributed by atoms with Gasteiger partial charge in [0.25, 0.3) is 0 Å². The van der Waals surface area contributed by atoms with Gasteiger partial charge in [-0.2, -0.15) is 4.39 Å². The first kappa shape index (κ1) is 22.3. The van der Waals surface area contributed by atoms with Crippen LogP contribution in [0.1, 0.15) is 90.0 Å². The fraction of sp³-hybridized carbons (Fsp3) is 0.692. The summed E-state index contributed by atoms with van der Waals surface area (Å²) in [6, 6.07) is 3.22. The molecule has 3 rings (SSSR count). The summed E-state index contributed by atoms with van der Waals surface area (Å²) in [4.78, 5) is 0. The van der Waals surface area contributed by atoms with E-state index in [1.165, 1.54) is 70.5 Å². The van der Waals surface area contributed by atoms with E-state index in [9.17, 15) is 8.78 Å². The number of halogens is 2. The molecule has 1 nitrogen and oxygen atoms in total. The van der Waals surface area contributed by atoms with E-state index >= 15 is 0 Å². The van der Waals surface area contributed by atoms with Crippen LogP contribution in [0.15, 0.2) is 24.5 Å². The molecule has 0 radical (unpaired) electrons. The van der Waals surface area contributed by atoms with Gasteiger partial charge in [0.1, 0.15) is 0 Å². The zero-order chi connectivity index (χ0) is 20.6. The van der Waals surface area contributed by atoms with Gasteiger partial charge in [-0.25, -0.2) is 4.39 Å². The minimum atomic E-state index is -0.872. The van der Waals surface area contributed by atoms with Crippen LogP contribution < -0.4 is 4.74 Å². The quantitative estimate of drug-likeness (QED) is 0.397. The Balaban J connectivity index is 1.43. The summed E-state index contributed by atoms with van der Waals surface area (Å²) in [5.74, 6) is 1.83. The second-order valence-electron chi connectivity index (χ2n) is 9.33. The summed E-state index contributed by atoms with van der Waals surface area (Å²) >= 11 is 0. The standard InChI is InChI=1S/C26H38F2O/c1-3-5-19-6-11-21(12-7-19)22-13-8-20(9-14-22)10-15-23-16-17-24(29-18-4-2)26(28)25(23)27/h4,16-22H,3,5-15H2,1-2H3. The van der Waals surface area contributed by atoms with E-state index in [1.807, 2.05) is 0 Å². The number of benzene rings is 1. The molecule has 1 aromatic rings. The van der Waals surface area contributed by atoms with Crippen molar-refractivity contribution in [2.45, 2.75) is 90.9 Å². The van der Waals surface area contributed by atoms with E-state index in [1.54, 1.807) is 25.1 Å². The molecule has 0 aliphatic heterocycles. The van der Waals surface area contributed by atoms with Gasteiger partial charge in [0, 0.05) is 0 Å². The molecule has 3 heteroatoms. The summed E-state index contributed by atoms with van der Waals surface area (Å²) in [5, 5.41) is 0. The predicted octanol–water partition coefficient (Wildman–Crippen LogP) is 8.22. The molecule has 29 heavy (non-hydrogen) atoms. The van der Waals surface area contributed by atoms with Gasteiger partial charge in [0.2, 0.25) is 5.82 Å². The Morgan fingerprint density at radius 2 is 1.45 bits per heavy atom. The number of hydrogen-bond donors (Lipinski definition) is 0. The molecule has 0 amide bonds. The van der Waals surface area contributed by atoms with Crippen molar-refractivity contribution in [2.75, 3.05) is 0 Å². The Morgan fingerprint density at radius 3 is 2.00 bits per heavy atom. The van der Waals surface area contributed by atoms with Crippen LogP contribution in [0.5, 0.6) is 5.75 Å². The Kier molecular flexibility index (Phi) is 8.56. The molecule has 1 aromatic carbocycles. The van der Waals surface area contributed by atoms with E-state index in [-0.39, 0.29) is 5.75 Å². The number of hydrogen-bond acceptors (Lipinski definition) is 1. The average molecular weight is 405 g/mol. The third-order valence-electron chi connectivity index (χ3n) is 7.43. The molecular weight excluding hydrogens is 366 g/mol. The third kappa shape index (κ3) is 6.06. The van der Waals surface area contributed by atoms with Crippen molar-refractivity contribution < 1.29 is 13.5 Å². The molecule has 2 fully saturated rings. The minimum Gasteiger partial charge on any atom is -0.462 e. The van der Waals surface area contributed by atoms with Crippen molar-refractivity contribution in [3.8, 4) is 5.75 Å². The number of rotatable bonds is 8. The topological polar surface area (TPSA) is 9.23 Å². The zero-order valence-electron chi connectivity index (χ0n) is 18.3. The Morgan fingerprint density at radius 1 is 0.862 bits per heavy atom. The van der Waals surface area contributed by atoms with Crippen LogP contribution in [0.3, 0.4) is 0 Å². The first-order chi connectivity index (χ1) is 14.1.